The van der Waals surface area contributed by atoms with Crippen molar-refractivity contribution >= 4 is 11.6 Å². The summed E-state index contributed by atoms with van der Waals surface area (Å²) in [4.78, 5) is 14.0. The van der Waals surface area contributed by atoms with Crippen LogP contribution in [0, 0.1) is 0 Å². The number of methoxy groups -OCH3 is 1. The molecular weight excluding hydrogens is 232 g/mol. The molecule has 1 aromatic carbocycles. The van der Waals surface area contributed by atoms with E-state index in [0.29, 0.717) is 36.5 Å². The summed E-state index contributed by atoms with van der Waals surface area (Å²) in [6, 6.07) is 5.11. The largest absolute Gasteiger partial charge is 0.494 e. The van der Waals surface area contributed by atoms with Gasteiger partial charge in [0.2, 0.25) is 0 Å². The summed E-state index contributed by atoms with van der Waals surface area (Å²) >= 11 is 0. The summed E-state index contributed by atoms with van der Waals surface area (Å²) in [5.41, 5.74) is 6.68. The summed E-state index contributed by atoms with van der Waals surface area (Å²) in [5.74, 6) is 0.278. The number of carbonyl (C=O) groups excluding carboxylic acids is 1. The highest BCUT2D eigenvalue weighted by molar-refractivity contribution is 5.98. The lowest BCUT2D eigenvalue weighted by Gasteiger charge is -2.22. The lowest BCUT2D eigenvalue weighted by molar-refractivity contribution is 0.0751. The van der Waals surface area contributed by atoms with E-state index in [-0.39, 0.29) is 12.5 Å². The zero-order chi connectivity index (χ0) is 13.5. The number of benzene rings is 1. The first-order valence-electron chi connectivity index (χ1n) is 5.98. The second-order valence-electron chi connectivity index (χ2n) is 3.89. The number of aliphatic hydroxyl groups is 1. The van der Waals surface area contributed by atoms with Crippen LogP contribution in [0.4, 0.5) is 5.69 Å². The summed E-state index contributed by atoms with van der Waals surface area (Å²) in [5, 5.41) is 8.83. The molecule has 0 heterocycles. The van der Waals surface area contributed by atoms with E-state index in [0.717, 1.165) is 0 Å². The van der Waals surface area contributed by atoms with Gasteiger partial charge < -0.3 is 20.5 Å². The Labute approximate surface area is 107 Å². The minimum atomic E-state index is -0.130. The van der Waals surface area contributed by atoms with E-state index in [1.54, 1.807) is 23.1 Å². The lowest BCUT2D eigenvalue weighted by atomic mass is 10.1. The third-order valence-electron chi connectivity index (χ3n) is 2.74. The SMILES string of the molecule is CCN(CCCO)C(=O)c1cccc(N)c1OC. The molecule has 0 spiro atoms. The van der Waals surface area contributed by atoms with Gasteiger partial charge in [0.05, 0.1) is 18.4 Å². The van der Waals surface area contributed by atoms with Crippen LogP contribution in [0.3, 0.4) is 0 Å². The number of nitrogens with zero attached hydrogens (tertiary/aromatic N) is 1. The highest BCUT2D eigenvalue weighted by atomic mass is 16.5. The molecule has 0 aliphatic carbocycles. The standard InChI is InChI=1S/C13H20N2O3/c1-3-15(8-5-9-16)13(17)10-6-4-7-11(14)12(10)18-2/h4,6-7,16H,3,5,8-9,14H2,1-2H3. The summed E-state index contributed by atoms with van der Waals surface area (Å²) < 4.78 is 5.17. The monoisotopic (exact) mass is 252 g/mol. The Morgan fingerprint density at radius 1 is 1.50 bits per heavy atom. The smallest absolute Gasteiger partial charge is 0.257 e. The van der Waals surface area contributed by atoms with Crippen molar-refractivity contribution in [3.63, 3.8) is 0 Å². The van der Waals surface area contributed by atoms with Crippen molar-refractivity contribution in [2.75, 3.05) is 32.5 Å². The maximum atomic E-state index is 12.3. The van der Waals surface area contributed by atoms with Crippen LogP contribution in [0.2, 0.25) is 0 Å². The Morgan fingerprint density at radius 3 is 2.78 bits per heavy atom. The minimum absolute atomic E-state index is 0.0673. The molecule has 0 unspecified atom stereocenters. The molecule has 0 radical (unpaired) electrons. The number of nitrogen functional groups attached to an aromatic ring is 1. The quantitative estimate of drug-likeness (QED) is 0.744. The highest BCUT2D eigenvalue weighted by Crippen LogP contribution is 2.27. The van der Waals surface area contributed by atoms with E-state index in [9.17, 15) is 4.79 Å². The van der Waals surface area contributed by atoms with Crippen LogP contribution in [0.25, 0.3) is 0 Å². The molecule has 0 aliphatic heterocycles. The van der Waals surface area contributed by atoms with Gasteiger partial charge in [-0.15, -0.1) is 0 Å². The molecule has 0 saturated heterocycles. The number of rotatable bonds is 6. The van der Waals surface area contributed by atoms with E-state index >= 15 is 0 Å². The number of hydrogen-bond donors (Lipinski definition) is 2. The van der Waals surface area contributed by atoms with E-state index in [1.807, 2.05) is 6.92 Å². The third kappa shape index (κ3) is 3.13. The summed E-state index contributed by atoms with van der Waals surface area (Å²) in [6.07, 6.45) is 0.560. The maximum absolute atomic E-state index is 12.3. The van der Waals surface area contributed by atoms with Gasteiger partial charge in [0.15, 0.2) is 5.75 Å². The van der Waals surface area contributed by atoms with Crippen LogP contribution in [-0.2, 0) is 0 Å². The van der Waals surface area contributed by atoms with Crippen LogP contribution in [0.5, 0.6) is 5.75 Å². The van der Waals surface area contributed by atoms with Gasteiger partial charge in [0.25, 0.3) is 5.91 Å². The number of amides is 1. The van der Waals surface area contributed by atoms with Gasteiger partial charge >= 0.3 is 0 Å². The van der Waals surface area contributed by atoms with Crippen molar-refractivity contribution in [3.05, 3.63) is 23.8 Å². The minimum Gasteiger partial charge on any atom is -0.494 e. The van der Waals surface area contributed by atoms with E-state index in [1.165, 1.54) is 7.11 Å². The number of aliphatic hydroxyl groups excluding tert-OH is 1. The van der Waals surface area contributed by atoms with Crippen molar-refractivity contribution in [1.29, 1.82) is 0 Å². The first-order chi connectivity index (χ1) is 8.65. The van der Waals surface area contributed by atoms with E-state index < -0.39 is 0 Å². The molecule has 1 amide bonds. The zero-order valence-electron chi connectivity index (χ0n) is 10.8. The zero-order valence-corrected chi connectivity index (χ0v) is 10.8. The van der Waals surface area contributed by atoms with Gasteiger partial charge in [-0.1, -0.05) is 6.07 Å². The van der Waals surface area contributed by atoms with Crippen molar-refractivity contribution in [2.24, 2.45) is 0 Å². The number of nitrogens with two attached hydrogens (primary N) is 1. The van der Waals surface area contributed by atoms with Crippen molar-refractivity contribution < 1.29 is 14.6 Å². The Hall–Kier alpha value is -1.75. The normalized spacial score (nSPS) is 10.2. The number of carbonyl (C=O) groups is 1. The Morgan fingerprint density at radius 2 is 2.22 bits per heavy atom. The molecule has 0 saturated carbocycles. The average molecular weight is 252 g/mol. The Bertz CT molecular complexity index is 407. The number of hydrogen-bond acceptors (Lipinski definition) is 4. The number of anilines is 1. The molecule has 0 bridgehead atoms. The topological polar surface area (TPSA) is 75.8 Å². The molecule has 1 aromatic rings. The van der Waals surface area contributed by atoms with Crippen LogP contribution < -0.4 is 10.5 Å². The van der Waals surface area contributed by atoms with Crippen LogP contribution >= 0.6 is 0 Å². The first-order valence-corrected chi connectivity index (χ1v) is 5.98. The fraction of sp³-hybridized carbons (Fsp3) is 0.462. The molecule has 1 rings (SSSR count). The highest BCUT2D eigenvalue weighted by Gasteiger charge is 2.19. The van der Waals surface area contributed by atoms with Gasteiger partial charge in [-0.2, -0.15) is 0 Å². The Kier molecular flexibility index (Phi) is 5.45. The van der Waals surface area contributed by atoms with Gasteiger partial charge in [-0.25, -0.2) is 0 Å². The number of para-hydroxylation sites is 1. The molecule has 5 heteroatoms. The van der Waals surface area contributed by atoms with Gasteiger partial charge in [0, 0.05) is 19.7 Å². The third-order valence-corrected chi connectivity index (χ3v) is 2.74. The predicted octanol–water partition coefficient (Wildman–Crippen LogP) is 1.12. The lowest BCUT2D eigenvalue weighted by Crippen LogP contribution is -2.32. The van der Waals surface area contributed by atoms with Crippen LogP contribution in [0.1, 0.15) is 23.7 Å². The summed E-state index contributed by atoms with van der Waals surface area (Å²) in [7, 11) is 1.49. The molecule has 5 nitrogen and oxygen atoms in total. The second kappa shape index (κ2) is 6.86. The molecule has 18 heavy (non-hydrogen) atoms. The van der Waals surface area contributed by atoms with Crippen molar-refractivity contribution in [3.8, 4) is 5.75 Å². The molecular formula is C13H20N2O3. The number of ether oxygens (including phenoxy) is 1. The molecule has 3 N–H and O–H groups in total. The molecule has 0 atom stereocenters. The van der Waals surface area contributed by atoms with Crippen molar-refractivity contribution in [2.45, 2.75) is 13.3 Å². The van der Waals surface area contributed by atoms with Gasteiger partial charge in [-0.05, 0) is 25.5 Å². The van der Waals surface area contributed by atoms with Gasteiger partial charge in [0.1, 0.15) is 0 Å². The molecule has 0 fully saturated rings. The van der Waals surface area contributed by atoms with Crippen LogP contribution in [-0.4, -0.2) is 42.7 Å². The first kappa shape index (κ1) is 14.3. The molecule has 0 aliphatic rings. The second-order valence-corrected chi connectivity index (χ2v) is 3.89. The summed E-state index contributed by atoms with van der Waals surface area (Å²) in [6.45, 7) is 3.06. The fourth-order valence-corrected chi connectivity index (χ4v) is 1.79. The average Bonchev–Trinajstić information content (AvgIpc) is 2.39. The molecule has 0 aromatic heterocycles. The van der Waals surface area contributed by atoms with E-state index in [2.05, 4.69) is 0 Å². The molecule has 100 valence electrons. The fourth-order valence-electron chi connectivity index (χ4n) is 1.79. The van der Waals surface area contributed by atoms with Gasteiger partial charge in [-0.3, -0.25) is 4.79 Å². The van der Waals surface area contributed by atoms with Crippen molar-refractivity contribution in [1.82, 2.24) is 4.90 Å². The van der Waals surface area contributed by atoms with Crippen LogP contribution in [0.15, 0.2) is 18.2 Å². The van der Waals surface area contributed by atoms with E-state index in [4.69, 9.17) is 15.6 Å². The predicted molar refractivity (Wildman–Crippen MR) is 70.7 cm³/mol. The maximum Gasteiger partial charge on any atom is 0.257 e. The Balaban J connectivity index is 2.97.